The highest BCUT2D eigenvalue weighted by atomic mass is 16.2. The van der Waals surface area contributed by atoms with E-state index >= 15 is 0 Å². The first-order valence-electron chi connectivity index (χ1n) is 6.94. The molecule has 108 valence electrons. The van der Waals surface area contributed by atoms with Crippen molar-refractivity contribution in [2.75, 3.05) is 20.1 Å². The lowest BCUT2D eigenvalue weighted by Gasteiger charge is -2.32. The monoisotopic (exact) mass is 275 g/mol. The van der Waals surface area contributed by atoms with Gasteiger partial charge in [-0.1, -0.05) is 12.1 Å². The lowest BCUT2D eigenvalue weighted by molar-refractivity contribution is -0.124. The molecule has 2 rings (SSSR count). The van der Waals surface area contributed by atoms with Crippen molar-refractivity contribution in [2.45, 2.75) is 25.7 Å². The molecular weight excluding hydrogens is 254 g/mol. The van der Waals surface area contributed by atoms with Crippen molar-refractivity contribution in [2.24, 2.45) is 0 Å². The molecule has 0 bridgehead atoms. The van der Waals surface area contributed by atoms with Gasteiger partial charge in [0.15, 0.2) is 0 Å². The van der Waals surface area contributed by atoms with Crippen LogP contribution < -0.4 is 10.7 Å². The van der Waals surface area contributed by atoms with Crippen LogP contribution in [0.2, 0.25) is 0 Å². The molecule has 1 saturated heterocycles. The van der Waals surface area contributed by atoms with Gasteiger partial charge in [-0.05, 0) is 36.5 Å². The first kappa shape index (κ1) is 14.5. The Morgan fingerprint density at radius 3 is 2.55 bits per heavy atom. The Hall–Kier alpha value is -1.88. The SMILES string of the molecule is CNC(=O)c1cccc(C2CCN(NC(C)=O)CC2)c1. The van der Waals surface area contributed by atoms with Crippen molar-refractivity contribution >= 4 is 11.8 Å². The molecule has 0 spiro atoms. The summed E-state index contributed by atoms with van der Waals surface area (Å²) in [6, 6.07) is 7.80. The Labute approximate surface area is 119 Å². The first-order valence-corrected chi connectivity index (χ1v) is 6.94. The van der Waals surface area contributed by atoms with Crippen molar-refractivity contribution in [3.05, 3.63) is 35.4 Å². The van der Waals surface area contributed by atoms with Crippen LogP contribution in [0.1, 0.15) is 41.6 Å². The van der Waals surface area contributed by atoms with E-state index in [0.29, 0.717) is 11.5 Å². The van der Waals surface area contributed by atoms with Crippen molar-refractivity contribution in [3.8, 4) is 0 Å². The molecule has 1 heterocycles. The number of amides is 2. The van der Waals surface area contributed by atoms with Crippen LogP contribution in [0.15, 0.2) is 24.3 Å². The fourth-order valence-corrected chi connectivity index (χ4v) is 2.63. The van der Waals surface area contributed by atoms with Gasteiger partial charge in [0.25, 0.3) is 5.91 Å². The van der Waals surface area contributed by atoms with E-state index in [1.165, 1.54) is 12.5 Å². The zero-order chi connectivity index (χ0) is 14.5. The molecule has 0 unspecified atom stereocenters. The molecule has 20 heavy (non-hydrogen) atoms. The van der Waals surface area contributed by atoms with Gasteiger partial charge in [0.2, 0.25) is 5.91 Å². The van der Waals surface area contributed by atoms with Crippen LogP contribution in [0.5, 0.6) is 0 Å². The van der Waals surface area contributed by atoms with Gasteiger partial charge in [-0.3, -0.25) is 15.0 Å². The molecule has 1 aromatic carbocycles. The maximum absolute atomic E-state index is 11.7. The van der Waals surface area contributed by atoms with E-state index in [0.717, 1.165) is 25.9 Å². The van der Waals surface area contributed by atoms with Gasteiger partial charge in [-0.25, -0.2) is 5.01 Å². The van der Waals surface area contributed by atoms with Gasteiger partial charge in [-0.15, -0.1) is 0 Å². The van der Waals surface area contributed by atoms with E-state index in [4.69, 9.17) is 0 Å². The predicted octanol–water partition coefficient (Wildman–Crippen LogP) is 1.28. The third kappa shape index (κ3) is 3.57. The van der Waals surface area contributed by atoms with Gasteiger partial charge in [0.1, 0.15) is 0 Å². The molecule has 0 saturated carbocycles. The zero-order valence-corrected chi connectivity index (χ0v) is 12.0. The second-order valence-electron chi connectivity index (χ2n) is 5.13. The molecule has 1 aliphatic rings. The van der Waals surface area contributed by atoms with Crippen molar-refractivity contribution in [1.29, 1.82) is 0 Å². The predicted molar refractivity (Wildman–Crippen MR) is 77.2 cm³/mol. The number of hydrazine groups is 1. The number of hydrogen-bond donors (Lipinski definition) is 2. The summed E-state index contributed by atoms with van der Waals surface area (Å²) in [4.78, 5) is 22.7. The van der Waals surface area contributed by atoms with Crippen molar-refractivity contribution in [3.63, 3.8) is 0 Å². The quantitative estimate of drug-likeness (QED) is 0.873. The highest BCUT2D eigenvalue weighted by Crippen LogP contribution is 2.27. The van der Waals surface area contributed by atoms with Crippen LogP contribution in [0.3, 0.4) is 0 Å². The summed E-state index contributed by atoms with van der Waals surface area (Å²) in [5.41, 5.74) is 4.73. The Balaban J connectivity index is 2.00. The Morgan fingerprint density at radius 2 is 1.95 bits per heavy atom. The van der Waals surface area contributed by atoms with E-state index in [9.17, 15) is 9.59 Å². The molecule has 0 aromatic heterocycles. The number of hydrogen-bond acceptors (Lipinski definition) is 3. The van der Waals surface area contributed by atoms with Gasteiger partial charge < -0.3 is 5.32 Å². The smallest absolute Gasteiger partial charge is 0.251 e. The van der Waals surface area contributed by atoms with Crippen LogP contribution in [0.4, 0.5) is 0 Å². The zero-order valence-electron chi connectivity index (χ0n) is 12.0. The third-order valence-electron chi connectivity index (χ3n) is 3.66. The molecule has 2 N–H and O–H groups in total. The summed E-state index contributed by atoms with van der Waals surface area (Å²) < 4.78 is 0. The minimum atomic E-state index is -0.0532. The maximum Gasteiger partial charge on any atom is 0.251 e. The van der Waals surface area contributed by atoms with E-state index < -0.39 is 0 Å². The second-order valence-corrected chi connectivity index (χ2v) is 5.13. The Kier molecular flexibility index (Phi) is 4.74. The second kappa shape index (κ2) is 6.52. The molecule has 0 radical (unpaired) electrons. The molecular formula is C15H21N3O2. The van der Waals surface area contributed by atoms with Crippen LogP contribution in [-0.2, 0) is 4.79 Å². The number of carbonyl (C=O) groups is 2. The number of nitrogens with zero attached hydrogens (tertiary/aromatic N) is 1. The lowest BCUT2D eigenvalue weighted by atomic mass is 9.89. The highest BCUT2D eigenvalue weighted by molar-refractivity contribution is 5.94. The Bertz CT molecular complexity index is 494. The fourth-order valence-electron chi connectivity index (χ4n) is 2.63. The number of rotatable bonds is 3. The van der Waals surface area contributed by atoms with Crippen LogP contribution in [0.25, 0.3) is 0 Å². The summed E-state index contributed by atoms with van der Waals surface area (Å²) >= 11 is 0. The summed E-state index contributed by atoms with van der Waals surface area (Å²) in [6.45, 7) is 3.21. The van der Waals surface area contributed by atoms with Crippen LogP contribution in [0, 0.1) is 0 Å². The van der Waals surface area contributed by atoms with Gasteiger partial charge in [-0.2, -0.15) is 0 Å². The normalized spacial score (nSPS) is 16.7. The van der Waals surface area contributed by atoms with Gasteiger partial charge in [0.05, 0.1) is 0 Å². The topological polar surface area (TPSA) is 61.4 Å². The standard InChI is InChI=1S/C15H21N3O2/c1-11(19)17-18-8-6-12(7-9-18)13-4-3-5-14(10-13)15(20)16-2/h3-5,10,12H,6-9H2,1-2H3,(H,16,20)(H,17,19). The highest BCUT2D eigenvalue weighted by Gasteiger charge is 2.21. The molecule has 1 fully saturated rings. The summed E-state index contributed by atoms with van der Waals surface area (Å²) in [7, 11) is 1.64. The molecule has 2 amide bonds. The fraction of sp³-hybridized carbons (Fsp3) is 0.467. The van der Waals surface area contributed by atoms with E-state index in [1.54, 1.807) is 7.05 Å². The van der Waals surface area contributed by atoms with Gasteiger partial charge in [0, 0.05) is 32.6 Å². The molecule has 5 nitrogen and oxygen atoms in total. The van der Waals surface area contributed by atoms with Crippen LogP contribution in [-0.4, -0.2) is 37.0 Å². The number of nitrogens with one attached hydrogen (secondary N) is 2. The molecule has 1 aliphatic heterocycles. The number of benzene rings is 1. The average Bonchev–Trinajstić information content (AvgIpc) is 2.47. The van der Waals surface area contributed by atoms with Gasteiger partial charge >= 0.3 is 0 Å². The minimum Gasteiger partial charge on any atom is -0.355 e. The van der Waals surface area contributed by atoms with Crippen LogP contribution >= 0.6 is 0 Å². The number of piperidine rings is 1. The Morgan fingerprint density at radius 1 is 1.25 bits per heavy atom. The third-order valence-corrected chi connectivity index (χ3v) is 3.66. The first-order chi connectivity index (χ1) is 9.60. The lowest BCUT2D eigenvalue weighted by Crippen LogP contribution is -2.45. The summed E-state index contributed by atoms with van der Waals surface area (Å²) in [5, 5.41) is 4.61. The van der Waals surface area contributed by atoms with E-state index in [1.807, 2.05) is 23.2 Å². The molecule has 5 heteroatoms. The maximum atomic E-state index is 11.7. The van der Waals surface area contributed by atoms with E-state index in [2.05, 4.69) is 16.8 Å². The summed E-state index contributed by atoms with van der Waals surface area (Å²) in [6.07, 6.45) is 1.97. The number of carbonyl (C=O) groups excluding carboxylic acids is 2. The average molecular weight is 275 g/mol. The van der Waals surface area contributed by atoms with Crippen molar-refractivity contribution in [1.82, 2.24) is 15.8 Å². The van der Waals surface area contributed by atoms with Crippen molar-refractivity contribution < 1.29 is 9.59 Å². The minimum absolute atomic E-state index is 0.0231. The largest absolute Gasteiger partial charge is 0.355 e. The van der Waals surface area contributed by atoms with E-state index in [-0.39, 0.29) is 11.8 Å². The molecule has 0 aliphatic carbocycles. The molecule has 1 aromatic rings. The summed E-state index contributed by atoms with van der Waals surface area (Å²) in [5.74, 6) is 0.372. The molecule has 0 atom stereocenters.